The van der Waals surface area contributed by atoms with E-state index in [1.807, 2.05) is 12.1 Å². The zero-order valence-corrected chi connectivity index (χ0v) is 15.1. The van der Waals surface area contributed by atoms with Crippen molar-refractivity contribution in [3.05, 3.63) is 89.0 Å². The van der Waals surface area contributed by atoms with Gasteiger partial charge < -0.3 is 5.11 Å². The Morgan fingerprint density at radius 1 is 0.920 bits per heavy atom. The van der Waals surface area contributed by atoms with Gasteiger partial charge in [-0.2, -0.15) is 0 Å². The zero-order chi connectivity index (χ0) is 17.5. The van der Waals surface area contributed by atoms with E-state index in [0.29, 0.717) is 11.8 Å². The van der Waals surface area contributed by atoms with Crippen molar-refractivity contribution < 1.29 is 5.11 Å². The highest BCUT2D eigenvalue weighted by Gasteiger charge is 2.15. The number of rotatable bonds is 6. The van der Waals surface area contributed by atoms with Gasteiger partial charge in [-0.15, -0.1) is 0 Å². The predicted molar refractivity (Wildman–Crippen MR) is 106 cm³/mol. The van der Waals surface area contributed by atoms with Crippen molar-refractivity contribution >= 4 is 6.08 Å². The largest absolute Gasteiger partial charge is 0.392 e. The Balaban J connectivity index is 1.58. The molecule has 1 N–H and O–H groups in total. The molecule has 25 heavy (non-hydrogen) atoms. The summed E-state index contributed by atoms with van der Waals surface area (Å²) in [5.74, 6) is 1.04. The molecule has 0 aliphatic heterocycles. The fourth-order valence-corrected chi connectivity index (χ4v) is 3.47. The standard InChI is InChI=1S/C24H28O/c1-2-3-19-4-6-20(7-5-19)8-9-21-10-14-23(15-11-21)24-16-12-22(18-25)13-17-24/h4-10,12-14,16-17,21,23,25H,2-3,11,15,18H2,1H3. The number of hydrogen-bond donors (Lipinski definition) is 1. The van der Waals surface area contributed by atoms with E-state index in [0.717, 1.165) is 12.0 Å². The van der Waals surface area contributed by atoms with Gasteiger partial charge in [-0.25, -0.2) is 0 Å². The summed E-state index contributed by atoms with van der Waals surface area (Å²) >= 11 is 0. The minimum atomic E-state index is 0.118. The van der Waals surface area contributed by atoms with Gasteiger partial charge >= 0.3 is 0 Å². The van der Waals surface area contributed by atoms with Crippen molar-refractivity contribution in [2.75, 3.05) is 0 Å². The summed E-state index contributed by atoms with van der Waals surface area (Å²) in [6, 6.07) is 17.3. The lowest BCUT2D eigenvalue weighted by molar-refractivity contribution is 0.282. The number of aliphatic hydroxyl groups excluding tert-OH is 1. The average Bonchev–Trinajstić information content (AvgIpc) is 2.68. The van der Waals surface area contributed by atoms with E-state index < -0.39 is 0 Å². The van der Waals surface area contributed by atoms with Crippen molar-refractivity contribution in [2.45, 2.75) is 45.1 Å². The quantitative estimate of drug-likeness (QED) is 0.653. The molecule has 1 nitrogen and oxygen atoms in total. The molecule has 0 radical (unpaired) electrons. The van der Waals surface area contributed by atoms with Gasteiger partial charge in [0.25, 0.3) is 0 Å². The van der Waals surface area contributed by atoms with Crippen LogP contribution < -0.4 is 0 Å². The van der Waals surface area contributed by atoms with E-state index in [2.05, 4.69) is 67.6 Å². The molecule has 130 valence electrons. The summed E-state index contributed by atoms with van der Waals surface area (Å²) in [6.45, 7) is 2.34. The molecule has 1 aliphatic rings. The molecule has 2 unspecified atom stereocenters. The van der Waals surface area contributed by atoms with Crippen molar-refractivity contribution in [3.63, 3.8) is 0 Å². The van der Waals surface area contributed by atoms with Crippen LogP contribution in [0.3, 0.4) is 0 Å². The van der Waals surface area contributed by atoms with Gasteiger partial charge in [0.1, 0.15) is 0 Å². The third-order valence-electron chi connectivity index (χ3n) is 5.05. The fraction of sp³-hybridized carbons (Fsp3) is 0.333. The van der Waals surface area contributed by atoms with E-state index in [1.54, 1.807) is 0 Å². The average molecular weight is 332 g/mol. The third-order valence-corrected chi connectivity index (χ3v) is 5.05. The normalized spacial score (nSPS) is 20.2. The molecule has 0 aromatic heterocycles. The van der Waals surface area contributed by atoms with E-state index >= 15 is 0 Å². The van der Waals surface area contributed by atoms with Gasteiger partial charge in [0.2, 0.25) is 0 Å². The highest BCUT2D eigenvalue weighted by molar-refractivity contribution is 5.50. The summed E-state index contributed by atoms with van der Waals surface area (Å²) in [4.78, 5) is 0. The maximum atomic E-state index is 9.15. The van der Waals surface area contributed by atoms with Crippen LogP contribution in [-0.2, 0) is 13.0 Å². The molecular formula is C24H28O. The number of allylic oxidation sites excluding steroid dienone is 3. The Morgan fingerprint density at radius 2 is 1.64 bits per heavy atom. The summed E-state index contributed by atoms with van der Waals surface area (Å²) < 4.78 is 0. The van der Waals surface area contributed by atoms with Crippen LogP contribution in [0.15, 0.2) is 66.8 Å². The van der Waals surface area contributed by atoms with Gasteiger partial charge in [-0.05, 0) is 47.4 Å². The highest BCUT2D eigenvalue weighted by atomic mass is 16.3. The van der Waals surface area contributed by atoms with E-state index in [9.17, 15) is 0 Å². The minimum absolute atomic E-state index is 0.118. The molecule has 3 rings (SSSR count). The summed E-state index contributed by atoms with van der Waals surface area (Å²) in [6.07, 6.45) is 14.0. The first-order valence-electron chi connectivity index (χ1n) is 9.43. The topological polar surface area (TPSA) is 20.2 Å². The lowest BCUT2D eigenvalue weighted by atomic mass is 9.84. The van der Waals surface area contributed by atoms with Crippen LogP contribution in [0, 0.1) is 5.92 Å². The smallest absolute Gasteiger partial charge is 0.0681 e. The molecule has 0 amide bonds. The second kappa shape index (κ2) is 8.82. The van der Waals surface area contributed by atoms with Crippen LogP contribution in [0.1, 0.15) is 54.4 Å². The first-order valence-corrected chi connectivity index (χ1v) is 9.43. The minimum Gasteiger partial charge on any atom is -0.392 e. The van der Waals surface area contributed by atoms with Gasteiger partial charge in [0, 0.05) is 5.92 Å². The molecule has 0 heterocycles. The maximum absolute atomic E-state index is 9.15. The molecule has 2 aromatic carbocycles. The lowest BCUT2D eigenvalue weighted by Gasteiger charge is -2.21. The molecule has 1 heteroatoms. The Bertz CT molecular complexity index is 707. The molecule has 0 spiro atoms. The fourth-order valence-electron chi connectivity index (χ4n) is 3.47. The summed E-state index contributed by atoms with van der Waals surface area (Å²) in [5, 5.41) is 9.15. The van der Waals surface area contributed by atoms with Crippen LogP contribution in [0.2, 0.25) is 0 Å². The molecular weight excluding hydrogens is 304 g/mol. The van der Waals surface area contributed by atoms with Gasteiger partial charge in [0.15, 0.2) is 0 Å². The second-order valence-corrected chi connectivity index (χ2v) is 6.98. The maximum Gasteiger partial charge on any atom is 0.0681 e. The summed E-state index contributed by atoms with van der Waals surface area (Å²) in [7, 11) is 0. The van der Waals surface area contributed by atoms with Crippen LogP contribution >= 0.6 is 0 Å². The Hall–Kier alpha value is -2.12. The molecule has 2 atom stereocenters. The van der Waals surface area contributed by atoms with E-state index in [1.165, 1.54) is 36.0 Å². The third kappa shape index (κ3) is 4.93. The van der Waals surface area contributed by atoms with Crippen LogP contribution in [0.5, 0.6) is 0 Å². The Morgan fingerprint density at radius 3 is 2.24 bits per heavy atom. The molecule has 2 aromatic rings. The lowest BCUT2D eigenvalue weighted by Crippen LogP contribution is -2.05. The summed E-state index contributed by atoms with van der Waals surface area (Å²) in [5.41, 5.74) is 5.04. The SMILES string of the molecule is CCCc1ccc(C=CC2C=CC(c3ccc(CO)cc3)CC2)cc1. The molecule has 0 saturated heterocycles. The van der Waals surface area contributed by atoms with E-state index in [-0.39, 0.29) is 6.61 Å². The van der Waals surface area contributed by atoms with Gasteiger partial charge in [-0.1, -0.05) is 86.2 Å². The molecule has 0 fully saturated rings. The Labute approximate surface area is 151 Å². The monoisotopic (exact) mass is 332 g/mol. The first-order chi connectivity index (χ1) is 12.3. The van der Waals surface area contributed by atoms with Crippen molar-refractivity contribution in [1.29, 1.82) is 0 Å². The highest BCUT2D eigenvalue weighted by Crippen LogP contribution is 2.31. The van der Waals surface area contributed by atoms with Crippen LogP contribution in [0.25, 0.3) is 6.08 Å². The zero-order valence-electron chi connectivity index (χ0n) is 15.1. The molecule has 0 saturated carbocycles. The first kappa shape index (κ1) is 17.7. The van der Waals surface area contributed by atoms with E-state index in [4.69, 9.17) is 5.11 Å². The number of hydrogen-bond acceptors (Lipinski definition) is 1. The van der Waals surface area contributed by atoms with Crippen LogP contribution in [-0.4, -0.2) is 5.11 Å². The number of aryl methyl sites for hydroxylation is 1. The van der Waals surface area contributed by atoms with Crippen molar-refractivity contribution in [1.82, 2.24) is 0 Å². The Kier molecular flexibility index (Phi) is 6.25. The second-order valence-electron chi connectivity index (χ2n) is 6.98. The van der Waals surface area contributed by atoms with Crippen molar-refractivity contribution in [2.24, 2.45) is 5.92 Å². The number of aliphatic hydroxyl groups is 1. The number of benzene rings is 2. The van der Waals surface area contributed by atoms with Gasteiger partial charge in [0.05, 0.1) is 6.61 Å². The molecule has 1 aliphatic carbocycles. The predicted octanol–water partition coefficient (Wildman–Crippen LogP) is 5.89. The van der Waals surface area contributed by atoms with Crippen LogP contribution in [0.4, 0.5) is 0 Å². The van der Waals surface area contributed by atoms with Crippen molar-refractivity contribution in [3.8, 4) is 0 Å². The molecule has 0 bridgehead atoms. The van der Waals surface area contributed by atoms with Gasteiger partial charge in [-0.3, -0.25) is 0 Å².